The number of ketones is 3. The summed E-state index contributed by atoms with van der Waals surface area (Å²) in [5, 5.41) is 0. The van der Waals surface area contributed by atoms with Gasteiger partial charge in [0.05, 0.1) is 0 Å². The molecule has 142 valence electrons. The Morgan fingerprint density at radius 1 is 0.552 bits per heavy atom. The Morgan fingerprint density at radius 2 is 0.931 bits per heavy atom. The second kappa shape index (κ2) is 9.90. The third-order valence-electron chi connectivity index (χ3n) is 4.37. The zero-order chi connectivity index (χ0) is 20.5. The van der Waals surface area contributed by atoms with Gasteiger partial charge in [-0.25, -0.2) is 0 Å². The lowest BCUT2D eigenvalue weighted by molar-refractivity contribution is -0.125. The highest BCUT2D eigenvalue weighted by Gasteiger charge is 2.31. The Kier molecular flexibility index (Phi) is 6.80. The maximum atomic E-state index is 12.9. The maximum Gasteiger partial charge on any atom is 0.181 e. The molecule has 3 aromatic rings. The van der Waals surface area contributed by atoms with Crippen LogP contribution in [-0.2, 0) is 9.59 Å². The van der Waals surface area contributed by atoms with Crippen molar-refractivity contribution in [2.75, 3.05) is 0 Å². The smallest absolute Gasteiger partial charge is 0.181 e. The molecule has 0 saturated heterocycles. The lowest BCUT2D eigenvalue weighted by Gasteiger charge is -2.10. The lowest BCUT2D eigenvalue weighted by atomic mass is 9.89. The number of carbonyl (C=O) groups excluding carboxylic acids is 3. The Labute approximate surface area is 170 Å². The van der Waals surface area contributed by atoms with Crippen LogP contribution < -0.4 is 0 Å². The first-order chi connectivity index (χ1) is 14.1. The van der Waals surface area contributed by atoms with Crippen LogP contribution in [0, 0.1) is 5.92 Å². The van der Waals surface area contributed by atoms with Crippen LogP contribution in [0.15, 0.2) is 103 Å². The van der Waals surface area contributed by atoms with E-state index in [9.17, 15) is 14.4 Å². The summed E-state index contributed by atoms with van der Waals surface area (Å²) in [6, 6.07) is 26.9. The molecule has 0 fully saturated rings. The summed E-state index contributed by atoms with van der Waals surface area (Å²) >= 11 is 0. The van der Waals surface area contributed by atoms with E-state index in [2.05, 4.69) is 0 Å². The molecule has 3 nitrogen and oxygen atoms in total. The van der Waals surface area contributed by atoms with E-state index in [1.807, 2.05) is 60.7 Å². The molecule has 0 spiro atoms. The summed E-state index contributed by atoms with van der Waals surface area (Å²) in [4.78, 5) is 38.6. The molecule has 0 aliphatic carbocycles. The van der Waals surface area contributed by atoms with Crippen LogP contribution in [0.25, 0.3) is 12.2 Å². The van der Waals surface area contributed by atoms with Gasteiger partial charge in [0.1, 0.15) is 5.92 Å². The molecule has 3 rings (SSSR count). The summed E-state index contributed by atoms with van der Waals surface area (Å²) in [7, 11) is 0. The minimum Gasteiger partial charge on any atom is -0.294 e. The van der Waals surface area contributed by atoms with Crippen LogP contribution in [0.1, 0.15) is 21.5 Å². The van der Waals surface area contributed by atoms with E-state index in [1.54, 1.807) is 42.5 Å². The normalized spacial score (nSPS) is 12.1. The zero-order valence-electron chi connectivity index (χ0n) is 15.8. The van der Waals surface area contributed by atoms with Crippen molar-refractivity contribution in [3.05, 3.63) is 120 Å². The average molecular weight is 380 g/mol. The van der Waals surface area contributed by atoms with Crippen LogP contribution in [0.3, 0.4) is 0 Å². The van der Waals surface area contributed by atoms with Gasteiger partial charge in [0, 0.05) is 5.56 Å². The van der Waals surface area contributed by atoms with Gasteiger partial charge in [0.15, 0.2) is 17.3 Å². The third-order valence-corrected chi connectivity index (χ3v) is 4.37. The molecule has 3 aromatic carbocycles. The molecule has 1 unspecified atom stereocenters. The second-order valence-corrected chi connectivity index (χ2v) is 6.46. The van der Waals surface area contributed by atoms with E-state index >= 15 is 0 Å². The number of carbonyl (C=O) groups is 3. The minimum absolute atomic E-state index is 0.334. The van der Waals surface area contributed by atoms with Crippen molar-refractivity contribution in [2.45, 2.75) is 0 Å². The number of hydrogen-bond donors (Lipinski definition) is 0. The van der Waals surface area contributed by atoms with Crippen LogP contribution in [0.2, 0.25) is 0 Å². The van der Waals surface area contributed by atoms with Gasteiger partial charge in [-0.2, -0.15) is 0 Å². The van der Waals surface area contributed by atoms with Gasteiger partial charge in [-0.3, -0.25) is 14.4 Å². The summed E-state index contributed by atoms with van der Waals surface area (Å²) < 4.78 is 0. The van der Waals surface area contributed by atoms with E-state index in [0.717, 1.165) is 11.1 Å². The number of benzene rings is 3. The Hall–Kier alpha value is -3.85. The molecular weight excluding hydrogens is 360 g/mol. The highest BCUT2D eigenvalue weighted by Crippen LogP contribution is 2.15. The predicted octanol–water partition coefficient (Wildman–Crippen LogP) is 5.05. The van der Waals surface area contributed by atoms with Crippen LogP contribution in [0.5, 0.6) is 0 Å². The summed E-state index contributed by atoms with van der Waals surface area (Å²) in [5.74, 6) is -2.98. The second-order valence-electron chi connectivity index (χ2n) is 6.46. The molecule has 0 heterocycles. The van der Waals surface area contributed by atoms with Crippen molar-refractivity contribution < 1.29 is 14.4 Å². The summed E-state index contributed by atoms with van der Waals surface area (Å²) in [5.41, 5.74) is 1.97. The first-order valence-corrected chi connectivity index (χ1v) is 9.28. The van der Waals surface area contributed by atoms with Gasteiger partial charge in [0.2, 0.25) is 0 Å². The summed E-state index contributed by atoms with van der Waals surface area (Å²) in [6.07, 6.45) is 5.83. The van der Waals surface area contributed by atoms with Crippen molar-refractivity contribution in [3.8, 4) is 0 Å². The number of allylic oxidation sites excluding steroid dienone is 2. The monoisotopic (exact) mass is 380 g/mol. The Morgan fingerprint density at radius 3 is 1.34 bits per heavy atom. The van der Waals surface area contributed by atoms with E-state index in [-0.39, 0.29) is 0 Å². The van der Waals surface area contributed by atoms with Crippen molar-refractivity contribution in [1.29, 1.82) is 0 Å². The largest absolute Gasteiger partial charge is 0.294 e. The van der Waals surface area contributed by atoms with Crippen molar-refractivity contribution in [2.24, 2.45) is 5.92 Å². The molecule has 0 saturated carbocycles. The van der Waals surface area contributed by atoms with E-state index in [4.69, 9.17) is 0 Å². The zero-order valence-corrected chi connectivity index (χ0v) is 15.8. The van der Waals surface area contributed by atoms with E-state index < -0.39 is 23.3 Å². The molecule has 29 heavy (non-hydrogen) atoms. The topological polar surface area (TPSA) is 51.2 Å². The van der Waals surface area contributed by atoms with Gasteiger partial charge >= 0.3 is 0 Å². The maximum absolute atomic E-state index is 12.9. The van der Waals surface area contributed by atoms with Crippen LogP contribution >= 0.6 is 0 Å². The summed E-state index contributed by atoms with van der Waals surface area (Å²) in [6.45, 7) is 0. The van der Waals surface area contributed by atoms with Crippen molar-refractivity contribution >= 4 is 29.5 Å². The van der Waals surface area contributed by atoms with Gasteiger partial charge in [-0.05, 0) is 23.3 Å². The van der Waals surface area contributed by atoms with Gasteiger partial charge in [-0.1, -0.05) is 103 Å². The highest BCUT2D eigenvalue weighted by molar-refractivity contribution is 6.29. The average Bonchev–Trinajstić information content (AvgIpc) is 2.78. The Balaban J connectivity index is 1.87. The van der Waals surface area contributed by atoms with E-state index in [0.29, 0.717) is 5.56 Å². The number of Topliss-reactive ketones (excluding diaryl/α,β-unsaturated/α-hetero) is 1. The fraction of sp³-hybridized carbons (Fsp3) is 0.0385. The molecule has 3 heteroatoms. The quantitative estimate of drug-likeness (QED) is 0.312. The molecule has 0 aromatic heterocycles. The van der Waals surface area contributed by atoms with E-state index in [1.165, 1.54) is 12.2 Å². The van der Waals surface area contributed by atoms with Crippen molar-refractivity contribution in [1.82, 2.24) is 0 Å². The third kappa shape index (κ3) is 5.56. The number of rotatable bonds is 8. The van der Waals surface area contributed by atoms with Crippen LogP contribution in [-0.4, -0.2) is 17.3 Å². The van der Waals surface area contributed by atoms with Gasteiger partial charge in [-0.15, -0.1) is 0 Å². The molecule has 0 N–H and O–H groups in total. The molecule has 1 atom stereocenters. The predicted molar refractivity (Wildman–Crippen MR) is 115 cm³/mol. The SMILES string of the molecule is O=C(C=Cc1ccccc1)C(C(=O)/C=C/c1ccccc1)C(=O)c1ccccc1. The standard InChI is InChI=1S/C26H20O3/c27-23(18-16-20-10-4-1-5-11-20)25(26(29)22-14-8-3-9-15-22)24(28)19-17-21-12-6-2-7-13-21/h1-19,25H/b18-16+,19-17?. The lowest BCUT2D eigenvalue weighted by Crippen LogP contribution is -2.30. The molecule has 0 bridgehead atoms. The molecular formula is C26H20O3. The van der Waals surface area contributed by atoms with Gasteiger partial charge in [0.25, 0.3) is 0 Å². The first kappa shape index (κ1) is 19.9. The van der Waals surface area contributed by atoms with Gasteiger partial charge < -0.3 is 0 Å². The fourth-order valence-electron chi connectivity index (χ4n) is 2.85. The molecule has 0 radical (unpaired) electrons. The number of hydrogen-bond acceptors (Lipinski definition) is 3. The van der Waals surface area contributed by atoms with Crippen molar-refractivity contribution in [3.63, 3.8) is 0 Å². The Bertz CT molecular complexity index is 972. The highest BCUT2D eigenvalue weighted by atomic mass is 16.2. The first-order valence-electron chi connectivity index (χ1n) is 9.28. The molecule has 0 amide bonds. The fourth-order valence-corrected chi connectivity index (χ4v) is 2.85. The minimum atomic E-state index is -1.41. The van der Waals surface area contributed by atoms with Crippen LogP contribution in [0.4, 0.5) is 0 Å². The molecule has 0 aliphatic rings. The molecule has 0 aliphatic heterocycles.